The van der Waals surface area contributed by atoms with Crippen molar-refractivity contribution in [3.8, 4) is 0 Å². The van der Waals surface area contributed by atoms with Crippen LogP contribution in [0.1, 0.15) is 25.6 Å². The molecule has 1 aromatic rings. The maximum absolute atomic E-state index is 11.6. The topological polar surface area (TPSA) is 35.4 Å². The van der Waals surface area contributed by atoms with Crippen LogP contribution in [0, 0.1) is 0 Å². The smallest absolute Gasteiger partial charge is 0.144 e. The van der Waals surface area contributed by atoms with Gasteiger partial charge in [-0.05, 0) is 42.8 Å². The fraction of sp³-hybridized carbons (Fsp3) is 0.444. The van der Waals surface area contributed by atoms with Crippen molar-refractivity contribution in [3.05, 3.63) is 20.8 Å². The van der Waals surface area contributed by atoms with Crippen LogP contribution in [0.3, 0.4) is 0 Å². The summed E-state index contributed by atoms with van der Waals surface area (Å²) in [7, 11) is 0. The van der Waals surface area contributed by atoms with Gasteiger partial charge in [0, 0.05) is 9.85 Å². The van der Waals surface area contributed by atoms with Crippen molar-refractivity contribution >= 4 is 44.8 Å². The molecule has 1 atom stereocenters. The zero-order valence-electron chi connectivity index (χ0n) is 8.28. The Labute approximate surface area is 99.9 Å². The van der Waals surface area contributed by atoms with Crippen molar-refractivity contribution in [2.75, 3.05) is 0 Å². The Morgan fingerprint density at radius 3 is 2.64 bits per heavy atom. The van der Waals surface area contributed by atoms with E-state index in [1.54, 1.807) is 17.6 Å². The summed E-state index contributed by atoms with van der Waals surface area (Å²) in [6.07, 6.45) is 1.66. The van der Waals surface area contributed by atoms with Crippen molar-refractivity contribution < 1.29 is 4.55 Å². The third-order valence-electron chi connectivity index (χ3n) is 1.39. The van der Waals surface area contributed by atoms with Crippen molar-refractivity contribution in [3.63, 3.8) is 0 Å². The molecular formula is C9H12BrNOS2. The molecule has 0 bridgehead atoms. The number of thiophene rings is 1. The van der Waals surface area contributed by atoms with E-state index in [0.29, 0.717) is 0 Å². The molecule has 0 saturated carbocycles. The molecule has 14 heavy (non-hydrogen) atoms. The number of rotatable bonds is 2. The molecule has 1 aromatic heterocycles. The highest BCUT2D eigenvalue weighted by molar-refractivity contribution is 9.10. The minimum Gasteiger partial charge on any atom is -0.591 e. The summed E-state index contributed by atoms with van der Waals surface area (Å²) in [6, 6.07) is 1.95. The summed E-state index contributed by atoms with van der Waals surface area (Å²) in [5.41, 5.74) is 0. The average Bonchev–Trinajstić information content (AvgIpc) is 2.45. The molecule has 0 amide bonds. The predicted molar refractivity (Wildman–Crippen MR) is 67.5 cm³/mol. The zero-order chi connectivity index (χ0) is 10.8. The van der Waals surface area contributed by atoms with Gasteiger partial charge in [-0.2, -0.15) is 0 Å². The Balaban J connectivity index is 2.65. The molecule has 1 heterocycles. The van der Waals surface area contributed by atoms with Gasteiger partial charge in [0.2, 0.25) is 0 Å². The van der Waals surface area contributed by atoms with E-state index in [2.05, 4.69) is 20.3 Å². The number of hydrogen-bond donors (Lipinski definition) is 0. The first-order valence-corrected chi connectivity index (χ1v) is 6.87. The van der Waals surface area contributed by atoms with E-state index in [1.165, 1.54) is 0 Å². The van der Waals surface area contributed by atoms with Gasteiger partial charge in [-0.1, -0.05) is 4.40 Å². The molecule has 2 nitrogen and oxygen atoms in total. The first-order valence-electron chi connectivity index (χ1n) is 4.10. The highest BCUT2D eigenvalue weighted by atomic mass is 79.9. The Bertz CT molecular complexity index is 330. The van der Waals surface area contributed by atoms with Gasteiger partial charge in [-0.25, -0.2) is 0 Å². The van der Waals surface area contributed by atoms with Crippen LogP contribution in [0.25, 0.3) is 0 Å². The Morgan fingerprint density at radius 2 is 2.21 bits per heavy atom. The van der Waals surface area contributed by atoms with E-state index in [4.69, 9.17) is 0 Å². The molecule has 0 radical (unpaired) electrons. The predicted octanol–water partition coefficient (Wildman–Crippen LogP) is 3.39. The average molecular weight is 294 g/mol. The van der Waals surface area contributed by atoms with Gasteiger partial charge in [-0.3, -0.25) is 0 Å². The molecule has 5 heteroatoms. The van der Waals surface area contributed by atoms with E-state index in [1.807, 2.05) is 32.2 Å². The van der Waals surface area contributed by atoms with Crippen LogP contribution in [-0.4, -0.2) is 15.5 Å². The van der Waals surface area contributed by atoms with Crippen LogP contribution in [0.4, 0.5) is 0 Å². The van der Waals surface area contributed by atoms with Crippen molar-refractivity contribution in [2.24, 2.45) is 4.40 Å². The lowest BCUT2D eigenvalue weighted by Crippen LogP contribution is -2.25. The Morgan fingerprint density at radius 1 is 1.57 bits per heavy atom. The van der Waals surface area contributed by atoms with Crippen molar-refractivity contribution in [1.29, 1.82) is 0 Å². The van der Waals surface area contributed by atoms with Crippen molar-refractivity contribution in [1.82, 2.24) is 0 Å². The molecule has 0 N–H and O–H groups in total. The van der Waals surface area contributed by atoms with Gasteiger partial charge in [0.1, 0.15) is 16.1 Å². The fourth-order valence-corrected chi connectivity index (χ4v) is 2.55. The molecule has 0 saturated heterocycles. The van der Waals surface area contributed by atoms with E-state index < -0.39 is 11.4 Å². The molecule has 0 aliphatic rings. The van der Waals surface area contributed by atoms with E-state index in [-0.39, 0.29) is 4.75 Å². The minimum absolute atomic E-state index is 0.287. The summed E-state index contributed by atoms with van der Waals surface area (Å²) >= 11 is 3.76. The van der Waals surface area contributed by atoms with Gasteiger partial charge in [0.15, 0.2) is 0 Å². The van der Waals surface area contributed by atoms with E-state index in [0.717, 1.165) is 9.35 Å². The fourth-order valence-electron chi connectivity index (χ4n) is 0.654. The van der Waals surface area contributed by atoms with E-state index in [9.17, 15) is 4.55 Å². The number of hydrogen-bond acceptors (Lipinski definition) is 3. The second kappa shape index (κ2) is 4.79. The SMILES string of the molecule is CC(C)(C)[S@+]([O-])/N=C/c1cc(Br)cs1. The maximum Gasteiger partial charge on any atom is 0.144 e. The highest BCUT2D eigenvalue weighted by Gasteiger charge is 2.25. The van der Waals surface area contributed by atoms with Crippen LogP contribution < -0.4 is 0 Å². The molecular weight excluding hydrogens is 282 g/mol. The Kier molecular flexibility index (Phi) is 4.18. The first-order chi connectivity index (χ1) is 6.39. The maximum atomic E-state index is 11.6. The molecule has 0 unspecified atom stereocenters. The summed E-state index contributed by atoms with van der Waals surface area (Å²) < 4.78 is 16.3. The van der Waals surface area contributed by atoms with Crippen LogP contribution in [0.2, 0.25) is 0 Å². The third kappa shape index (κ3) is 3.73. The van der Waals surface area contributed by atoms with Gasteiger partial charge >= 0.3 is 0 Å². The normalized spacial score (nSPS) is 14.9. The lowest BCUT2D eigenvalue weighted by molar-refractivity contribution is 0.562. The van der Waals surface area contributed by atoms with Gasteiger partial charge in [-0.15, -0.1) is 11.3 Å². The minimum atomic E-state index is -1.17. The molecule has 0 fully saturated rings. The molecule has 0 aliphatic carbocycles. The monoisotopic (exact) mass is 293 g/mol. The van der Waals surface area contributed by atoms with Crippen LogP contribution in [0.5, 0.6) is 0 Å². The van der Waals surface area contributed by atoms with Crippen LogP contribution >= 0.6 is 27.3 Å². The van der Waals surface area contributed by atoms with Gasteiger partial charge in [0.25, 0.3) is 0 Å². The van der Waals surface area contributed by atoms with Crippen LogP contribution in [-0.2, 0) is 11.4 Å². The molecule has 0 aromatic carbocycles. The molecule has 0 spiro atoms. The first kappa shape index (κ1) is 12.2. The second-order valence-electron chi connectivity index (χ2n) is 3.76. The summed E-state index contributed by atoms with van der Waals surface area (Å²) in [6.45, 7) is 5.72. The largest absolute Gasteiger partial charge is 0.591 e. The lowest BCUT2D eigenvalue weighted by Gasteiger charge is -2.17. The quantitative estimate of drug-likeness (QED) is 0.608. The zero-order valence-corrected chi connectivity index (χ0v) is 11.5. The molecule has 1 rings (SSSR count). The Hall–Kier alpha value is 0.160. The second-order valence-corrected chi connectivity index (χ2v) is 7.56. The van der Waals surface area contributed by atoms with Crippen LogP contribution in [0.15, 0.2) is 20.3 Å². The summed E-state index contributed by atoms with van der Waals surface area (Å²) in [5.74, 6) is 0. The number of halogens is 1. The third-order valence-corrected chi connectivity index (χ3v) is 4.36. The molecule has 0 aliphatic heterocycles. The van der Waals surface area contributed by atoms with Crippen molar-refractivity contribution in [2.45, 2.75) is 25.5 Å². The van der Waals surface area contributed by atoms with E-state index >= 15 is 0 Å². The van der Waals surface area contributed by atoms with Gasteiger partial charge < -0.3 is 4.55 Å². The number of nitrogens with zero attached hydrogens (tertiary/aromatic N) is 1. The highest BCUT2D eigenvalue weighted by Crippen LogP contribution is 2.20. The summed E-state index contributed by atoms with van der Waals surface area (Å²) in [5, 5.41) is 1.97. The standard InChI is InChI=1S/C9H12BrNOS2/c1-9(2,3)14(12)11-5-8-4-7(10)6-13-8/h4-6H,1-3H3/b11-5+/t14-/m0/s1. The lowest BCUT2D eigenvalue weighted by atomic mass is 10.3. The van der Waals surface area contributed by atoms with Gasteiger partial charge in [0.05, 0.1) is 11.1 Å². The molecule has 78 valence electrons. The summed E-state index contributed by atoms with van der Waals surface area (Å²) in [4.78, 5) is 1.01.